The molecule has 0 aliphatic heterocycles. The average molecular weight is 277 g/mol. The lowest BCUT2D eigenvalue weighted by atomic mass is 10.1. The first kappa shape index (κ1) is 14.5. The van der Waals surface area contributed by atoms with Gasteiger partial charge in [-0.3, -0.25) is 0 Å². The number of nitrogens with one attached hydrogen (secondary N) is 1. The fourth-order valence-corrected chi connectivity index (χ4v) is 2.94. The van der Waals surface area contributed by atoms with Crippen LogP contribution in [0.1, 0.15) is 38.4 Å². The molecule has 0 amide bonds. The van der Waals surface area contributed by atoms with Crippen LogP contribution in [0.15, 0.2) is 6.20 Å². The van der Waals surface area contributed by atoms with Gasteiger partial charge in [-0.05, 0) is 19.4 Å². The van der Waals surface area contributed by atoms with Crippen LogP contribution in [0.25, 0.3) is 0 Å². The molecule has 1 aromatic heterocycles. The summed E-state index contributed by atoms with van der Waals surface area (Å²) in [5, 5.41) is 3.30. The van der Waals surface area contributed by atoms with Crippen LogP contribution >= 0.6 is 11.7 Å². The highest BCUT2D eigenvalue weighted by molar-refractivity contribution is 7.91. The summed E-state index contributed by atoms with van der Waals surface area (Å²) in [5.41, 5.74) is 0.908. The topological polar surface area (TPSA) is 72.0 Å². The van der Waals surface area contributed by atoms with Gasteiger partial charge in [-0.2, -0.15) is 8.75 Å². The zero-order chi connectivity index (χ0) is 12.7. The van der Waals surface area contributed by atoms with E-state index >= 15 is 0 Å². The Kier molecular flexibility index (Phi) is 6.01. The van der Waals surface area contributed by atoms with Gasteiger partial charge in [-0.1, -0.05) is 13.8 Å². The Hall–Kier alpha value is -0.530. The molecule has 1 N–H and O–H groups in total. The molecule has 5 nitrogen and oxygen atoms in total. The summed E-state index contributed by atoms with van der Waals surface area (Å²) in [6.45, 7) is 4.54. The van der Waals surface area contributed by atoms with Crippen LogP contribution < -0.4 is 5.32 Å². The summed E-state index contributed by atoms with van der Waals surface area (Å²) in [7, 11) is -2.86. The fourth-order valence-electron chi connectivity index (χ4n) is 1.58. The minimum absolute atomic E-state index is 0.116. The molecule has 1 rings (SSSR count). The molecular weight excluding hydrogens is 258 g/mol. The van der Waals surface area contributed by atoms with Crippen LogP contribution in [0.4, 0.5) is 0 Å². The van der Waals surface area contributed by atoms with Gasteiger partial charge in [0.05, 0.1) is 35.4 Å². The van der Waals surface area contributed by atoms with Crippen LogP contribution in [0.3, 0.4) is 0 Å². The van der Waals surface area contributed by atoms with E-state index in [1.165, 1.54) is 11.7 Å². The van der Waals surface area contributed by atoms with Crippen molar-refractivity contribution in [3.63, 3.8) is 0 Å². The summed E-state index contributed by atoms with van der Waals surface area (Å²) in [4.78, 5) is 0. The largest absolute Gasteiger partial charge is 0.309 e. The van der Waals surface area contributed by atoms with E-state index < -0.39 is 9.84 Å². The zero-order valence-electron chi connectivity index (χ0n) is 10.2. The molecule has 7 heteroatoms. The van der Waals surface area contributed by atoms with Crippen molar-refractivity contribution in [1.82, 2.24) is 14.1 Å². The van der Waals surface area contributed by atoms with Gasteiger partial charge in [0.15, 0.2) is 0 Å². The fraction of sp³-hybridized carbons (Fsp3) is 0.800. The molecule has 0 aliphatic carbocycles. The third-order valence-electron chi connectivity index (χ3n) is 2.57. The van der Waals surface area contributed by atoms with Crippen molar-refractivity contribution in [2.45, 2.75) is 32.7 Å². The van der Waals surface area contributed by atoms with E-state index in [9.17, 15) is 8.42 Å². The number of nitrogens with zero attached hydrogens (tertiary/aromatic N) is 2. The number of aromatic nitrogens is 2. The molecule has 0 radical (unpaired) electrons. The van der Waals surface area contributed by atoms with E-state index in [0.717, 1.165) is 18.7 Å². The molecule has 0 aromatic carbocycles. The molecule has 0 spiro atoms. The second-order valence-corrected chi connectivity index (χ2v) is 6.85. The summed E-state index contributed by atoms with van der Waals surface area (Å²) in [6, 6.07) is 0.116. The maximum atomic E-state index is 11.4. The first-order chi connectivity index (χ1) is 8.09. The van der Waals surface area contributed by atoms with E-state index in [1.54, 1.807) is 13.1 Å². The monoisotopic (exact) mass is 277 g/mol. The van der Waals surface area contributed by atoms with Gasteiger partial charge in [-0.25, -0.2) is 8.42 Å². The minimum atomic E-state index is -2.86. The average Bonchev–Trinajstić information content (AvgIpc) is 2.81. The third-order valence-corrected chi connectivity index (χ3v) is 4.86. The Morgan fingerprint density at radius 3 is 2.76 bits per heavy atom. The summed E-state index contributed by atoms with van der Waals surface area (Å²) < 4.78 is 30.9. The van der Waals surface area contributed by atoms with Gasteiger partial charge in [0.2, 0.25) is 0 Å². The van der Waals surface area contributed by atoms with Crippen LogP contribution in [-0.4, -0.2) is 35.2 Å². The van der Waals surface area contributed by atoms with Gasteiger partial charge in [0.25, 0.3) is 0 Å². The molecule has 0 saturated carbocycles. The molecule has 0 bridgehead atoms. The van der Waals surface area contributed by atoms with Crippen LogP contribution in [0.5, 0.6) is 0 Å². The molecule has 17 heavy (non-hydrogen) atoms. The maximum absolute atomic E-state index is 11.4. The number of hydrogen-bond acceptors (Lipinski definition) is 6. The van der Waals surface area contributed by atoms with Gasteiger partial charge in [-0.15, -0.1) is 0 Å². The number of sulfone groups is 1. The predicted molar refractivity (Wildman–Crippen MR) is 69.9 cm³/mol. The lowest BCUT2D eigenvalue weighted by Gasteiger charge is -2.14. The van der Waals surface area contributed by atoms with E-state index in [4.69, 9.17) is 0 Å². The zero-order valence-corrected chi connectivity index (χ0v) is 11.9. The highest BCUT2D eigenvalue weighted by atomic mass is 32.2. The summed E-state index contributed by atoms with van der Waals surface area (Å²) in [6.07, 6.45) is 3.18. The van der Waals surface area contributed by atoms with Gasteiger partial charge in [0, 0.05) is 5.75 Å². The summed E-state index contributed by atoms with van der Waals surface area (Å²) >= 11 is 1.18. The van der Waals surface area contributed by atoms with E-state index in [0.29, 0.717) is 6.42 Å². The maximum Gasteiger partial charge on any atom is 0.150 e. The van der Waals surface area contributed by atoms with Gasteiger partial charge < -0.3 is 5.32 Å². The van der Waals surface area contributed by atoms with Crippen molar-refractivity contribution in [1.29, 1.82) is 0 Å². The lowest BCUT2D eigenvalue weighted by molar-refractivity contribution is 0.499. The third kappa shape index (κ3) is 5.10. The number of rotatable bonds is 8. The Labute approximate surface area is 107 Å². The van der Waals surface area contributed by atoms with Gasteiger partial charge >= 0.3 is 0 Å². The highest BCUT2D eigenvalue weighted by Gasteiger charge is 2.15. The van der Waals surface area contributed by atoms with Crippen LogP contribution in [0, 0.1) is 0 Å². The van der Waals surface area contributed by atoms with Gasteiger partial charge in [0.1, 0.15) is 9.84 Å². The quantitative estimate of drug-likeness (QED) is 0.777. The van der Waals surface area contributed by atoms with Crippen LogP contribution in [0.2, 0.25) is 0 Å². The Morgan fingerprint density at radius 2 is 2.24 bits per heavy atom. The lowest BCUT2D eigenvalue weighted by Crippen LogP contribution is -2.22. The predicted octanol–water partition coefficient (Wildman–Crippen LogP) is 1.40. The van der Waals surface area contributed by atoms with Crippen molar-refractivity contribution in [3.8, 4) is 0 Å². The first-order valence-electron chi connectivity index (χ1n) is 5.80. The van der Waals surface area contributed by atoms with Crippen molar-refractivity contribution in [3.05, 3.63) is 11.9 Å². The van der Waals surface area contributed by atoms with E-state index in [1.807, 2.05) is 6.92 Å². The van der Waals surface area contributed by atoms with Crippen molar-refractivity contribution >= 4 is 21.6 Å². The second kappa shape index (κ2) is 7.03. The SMILES string of the molecule is CCNC(CCCS(=O)(=O)CC)c1cnsn1. The molecular formula is C10H19N3O2S2. The Morgan fingerprint density at radius 1 is 1.47 bits per heavy atom. The molecule has 98 valence electrons. The van der Waals surface area contributed by atoms with E-state index in [2.05, 4.69) is 14.1 Å². The number of hydrogen-bond donors (Lipinski definition) is 1. The van der Waals surface area contributed by atoms with Crippen molar-refractivity contribution in [2.24, 2.45) is 0 Å². The van der Waals surface area contributed by atoms with Crippen LogP contribution in [-0.2, 0) is 9.84 Å². The summed E-state index contributed by atoms with van der Waals surface area (Å²) in [5.74, 6) is 0.472. The molecule has 0 aliphatic rings. The smallest absolute Gasteiger partial charge is 0.150 e. The van der Waals surface area contributed by atoms with Crippen molar-refractivity contribution in [2.75, 3.05) is 18.1 Å². The molecule has 1 unspecified atom stereocenters. The second-order valence-electron chi connectivity index (χ2n) is 3.82. The standard InChI is InChI=1S/C10H19N3O2S2/c1-3-11-9(10-8-12-16-13-10)6-5-7-17(14,15)4-2/h8-9,11H,3-7H2,1-2H3. The molecule has 1 heterocycles. The Balaban J connectivity index is 2.46. The first-order valence-corrected chi connectivity index (χ1v) is 8.35. The molecule has 0 saturated heterocycles. The molecule has 0 fully saturated rings. The minimum Gasteiger partial charge on any atom is -0.309 e. The Bertz CT molecular complexity index is 403. The normalized spacial score (nSPS) is 13.8. The van der Waals surface area contributed by atoms with Crippen molar-refractivity contribution < 1.29 is 8.42 Å². The van der Waals surface area contributed by atoms with E-state index in [-0.39, 0.29) is 17.5 Å². The molecule has 1 atom stereocenters. The molecule has 1 aromatic rings. The highest BCUT2D eigenvalue weighted by Crippen LogP contribution is 2.17.